The van der Waals surface area contributed by atoms with E-state index < -0.39 is 0 Å². The summed E-state index contributed by atoms with van der Waals surface area (Å²) in [7, 11) is 0. The normalized spacial score (nSPS) is 34.7. The van der Waals surface area contributed by atoms with Gasteiger partial charge in [0.05, 0.1) is 4.83 Å². The molecule has 1 aromatic carbocycles. The van der Waals surface area contributed by atoms with Gasteiger partial charge in [0.15, 0.2) is 17.1 Å². The zero-order valence-corrected chi connectivity index (χ0v) is 8.58. The fraction of sp³-hybridized carbons (Fsp3) is 0.400. The molecule has 1 spiro atoms. The third kappa shape index (κ3) is 1.06. The summed E-state index contributed by atoms with van der Waals surface area (Å²) in [6.07, 6.45) is 1.04. The molecule has 3 heteroatoms. The summed E-state index contributed by atoms with van der Waals surface area (Å²) < 4.78 is 11.5. The fourth-order valence-corrected chi connectivity index (χ4v) is 2.38. The molecule has 1 aromatic rings. The second-order valence-electron chi connectivity index (χ2n) is 3.57. The molecule has 0 saturated heterocycles. The van der Waals surface area contributed by atoms with Crippen LogP contribution < -0.4 is 9.47 Å². The number of hydrogen-bond acceptors (Lipinski definition) is 2. The first-order valence-electron chi connectivity index (χ1n) is 4.35. The van der Waals surface area contributed by atoms with Crippen molar-refractivity contribution >= 4 is 15.9 Å². The SMILES string of the molecule is BrC1CC12COc1ccccc1O2. The van der Waals surface area contributed by atoms with Crippen molar-refractivity contribution in [1.82, 2.24) is 0 Å². The van der Waals surface area contributed by atoms with Crippen LogP contribution in [-0.4, -0.2) is 17.0 Å². The Morgan fingerprint density at radius 1 is 1.31 bits per heavy atom. The molecule has 3 rings (SSSR count). The smallest absolute Gasteiger partial charge is 0.162 e. The monoisotopic (exact) mass is 240 g/mol. The molecule has 1 aliphatic carbocycles. The summed E-state index contributed by atoms with van der Waals surface area (Å²) in [5, 5.41) is 0. The Morgan fingerprint density at radius 3 is 2.69 bits per heavy atom. The van der Waals surface area contributed by atoms with Gasteiger partial charge >= 0.3 is 0 Å². The molecule has 0 aromatic heterocycles. The number of benzene rings is 1. The van der Waals surface area contributed by atoms with Gasteiger partial charge in [-0.1, -0.05) is 28.1 Å². The van der Waals surface area contributed by atoms with Gasteiger partial charge < -0.3 is 9.47 Å². The van der Waals surface area contributed by atoms with Crippen LogP contribution in [0.25, 0.3) is 0 Å². The third-order valence-electron chi connectivity index (χ3n) is 2.57. The van der Waals surface area contributed by atoms with Gasteiger partial charge in [0.2, 0.25) is 0 Å². The number of halogens is 1. The van der Waals surface area contributed by atoms with Crippen molar-refractivity contribution < 1.29 is 9.47 Å². The Hall–Kier alpha value is -0.700. The summed E-state index contributed by atoms with van der Waals surface area (Å²) in [5.41, 5.74) is -0.0750. The van der Waals surface area contributed by atoms with Gasteiger partial charge in [-0.3, -0.25) is 0 Å². The molecule has 0 N–H and O–H groups in total. The Kier molecular flexibility index (Phi) is 1.42. The molecular weight excluding hydrogens is 232 g/mol. The molecule has 2 nitrogen and oxygen atoms in total. The van der Waals surface area contributed by atoms with Crippen molar-refractivity contribution in [2.45, 2.75) is 16.8 Å². The quantitative estimate of drug-likeness (QED) is 0.649. The fourth-order valence-electron chi connectivity index (χ4n) is 1.60. The van der Waals surface area contributed by atoms with Crippen molar-refractivity contribution in [3.63, 3.8) is 0 Å². The largest absolute Gasteiger partial charge is 0.485 e. The molecular formula is C10H9BrO2. The van der Waals surface area contributed by atoms with Crippen molar-refractivity contribution in [3.8, 4) is 11.5 Å². The molecule has 0 radical (unpaired) electrons. The Bertz CT molecular complexity index is 353. The Labute approximate surface area is 85.0 Å². The minimum atomic E-state index is -0.0750. The van der Waals surface area contributed by atoms with E-state index >= 15 is 0 Å². The maximum atomic E-state index is 5.87. The van der Waals surface area contributed by atoms with Crippen molar-refractivity contribution in [2.24, 2.45) is 0 Å². The minimum Gasteiger partial charge on any atom is -0.485 e. The zero-order chi connectivity index (χ0) is 8.89. The lowest BCUT2D eigenvalue weighted by molar-refractivity contribution is 0.0736. The standard InChI is InChI=1S/C10H9BrO2/c11-9-5-10(9)6-12-7-3-1-2-4-8(7)13-10/h1-4,9H,5-6H2. The number of alkyl halides is 1. The van der Waals surface area contributed by atoms with E-state index in [1.54, 1.807) is 0 Å². The maximum absolute atomic E-state index is 5.87. The summed E-state index contributed by atoms with van der Waals surface area (Å²) in [6, 6.07) is 7.81. The van der Waals surface area contributed by atoms with Gasteiger partial charge in [0, 0.05) is 6.42 Å². The highest BCUT2D eigenvalue weighted by Crippen LogP contribution is 2.50. The first-order chi connectivity index (χ1) is 6.30. The molecule has 1 saturated carbocycles. The van der Waals surface area contributed by atoms with Gasteiger partial charge in [-0.15, -0.1) is 0 Å². The summed E-state index contributed by atoms with van der Waals surface area (Å²) in [6.45, 7) is 0.667. The molecule has 2 aliphatic rings. The second kappa shape index (κ2) is 2.41. The van der Waals surface area contributed by atoms with Gasteiger partial charge in [0.1, 0.15) is 6.61 Å². The van der Waals surface area contributed by atoms with E-state index in [1.165, 1.54) is 0 Å². The zero-order valence-electron chi connectivity index (χ0n) is 7.00. The van der Waals surface area contributed by atoms with Gasteiger partial charge in [-0.05, 0) is 12.1 Å². The number of hydrogen-bond donors (Lipinski definition) is 0. The molecule has 1 fully saturated rings. The molecule has 1 aliphatic heterocycles. The average molecular weight is 241 g/mol. The minimum absolute atomic E-state index is 0.0750. The van der Waals surface area contributed by atoms with Crippen LogP contribution in [0.5, 0.6) is 11.5 Å². The highest BCUT2D eigenvalue weighted by Gasteiger charge is 2.58. The molecule has 0 amide bonds. The van der Waals surface area contributed by atoms with E-state index in [4.69, 9.17) is 9.47 Å². The lowest BCUT2D eigenvalue weighted by Crippen LogP contribution is -2.33. The highest BCUT2D eigenvalue weighted by atomic mass is 79.9. The predicted octanol–water partition coefficient (Wildman–Crippen LogP) is 2.36. The first kappa shape index (κ1) is 7.68. The van der Waals surface area contributed by atoms with Gasteiger partial charge in [-0.2, -0.15) is 0 Å². The van der Waals surface area contributed by atoms with Crippen LogP contribution in [0.15, 0.2) is 24.3 Å². The molecule has 2 unspecified atom stereocenters. The summed E-state index contributed by atoms with van der Waals surface area (Å²) in [4.78, 5) is 0.452. The topological polar surface area (TPSA) is 18.5 Å². The van der Waals surface area contributed by atoms with Crippen molar-refractivity contribution in [1.29, 1.82) is 0 Å². The van der Waals surface area contributed by atoms with Crippen molar-refractivity contribution in [3.05, 3.63) is 24.3 Å². The van der Waals surface area contributed by atoms with Crippen LogP contribution in [-0.2, 0) is 0 Å². The lowest BCUT2D eigenvalue weighted by Gasteiger charge is -2.26. The average Bonchev–Trinajstić information content (AvgIpc) is 2.76. The van der Waals surface area contributed by atoms with E-state index in [-0.39, 0.29) is 5.60 Å². The summed E-state index contributed by atoms with van der Waals surface area (Å²) in [5.74, 6) is 1.73. The first-order valence-corrected chi connectivity index (χ1v) is 5.27. The second-order valence-corrected chi connectivity index (χ2v) is 4.68. The van der Waals surface area contributed by atoms with E-state index in [0.29, 0.717) is 11.4 Å². The lowest BCUT2D eigenvalue weighted by atomic mass is 10.2. The van der Waals surface area contributed by atoms with Gasteiger partial charge in [0.25, 0.3) is 0 Å². The van der Waals surface area contributed by atoms with Crippen LogP contribution in [0.1, 0.15) is 6.42 Å². The Morgan fingerprint density at radius 2 is 2.00 bits per heavy atom. The molecule has 2 atom stereocenters. The molecule has 68 valence electrons. The predicted molar refractivity (Wildman–Crippen MR) is 52.6 cm³/mol. The van der Waals surface area contributed by atoms with Crippen LogP contribution in [0, 0.1) is 0 Å². The van der Waals surface area contributed by atoms with Crippen LogP contribution in [0.2, 0.25) is 0 Å². The molecule has 0 bridgehead atoms. The third-order valence-corrected chi connectivity index (χ3v) is 3.73. The van der Waals surface area contributed by atoms with Crippen LogP contribution in [0.3, 0.4) is 0 Å². The van der Waals surface area contributed by atoms with Crippen molar-refractivity contribution in [2.75, 3.05) is 6.61 Å². The summed E-state index contributed by atoms with van der Waals surface area (Å²) >= 11 is 3.55. The van der Waals surface area contributed by atoms with E-state index in [2.05, 4.69) is 15.9 Å². The van der Waals surface area contributed by atoms with E-state index in [9.17, 15) is 0 Å². The van der Waals surface area contributed by atoms with Crippen LogP contribution >= 0.6 is 15.9 Å². The number of ether oxygens (including phenoxy) is 2. The maximum Gasteiger partial charge on any atom is 0.162 e. The van der Waals surface area contributed by atoms with E-state index in [1.807, 2.05) is 24.3 Å². The molecule has 1 heterocycles. The Balaban J connectivity index is 1.96. The highest BCUT2D eigenvalue weighted by molar-refractivity contribution is 9.09. The van der Waals surface area contributed by atoms with E-state index in [0.717, 1.165) is 17.9 Å². The van der Waals surface area contributed by atoms with Crippen LogP contribution in [0.4, 0.5) is 0 Å². The number of fused-ring (bicyclic) bond motifs is 1. The van der Waals surface area contributed by atoms with Gasteiger partial charge in [-0.25, -0.2) is 0 Å². The number of para-hydroxylation sites is 2. The molecule has 13 heavy (non-hydrogen) atoms. The number of rotatable bonds is 0.